The number of fused-ring (bicyclic) bond motifs is 1. The van der Waals surface area contributed by atoms with Gasteiger partial charge in [0.25, 0.3) is 0 Å². The summed E-state index contributed by atoms with van der Waals surface area (Å²) in [6.45, 7) is 2.42. The van der Waals surface area contributed by atoms with Crippen molar-refractivity contribution in [3.8, 4) is 11.5 Å². The number of aliphatic hydroxyl groups is 1. The Kier molecular flexibility index (Phi) is 4.50. The molecule has 8 heteroatoms. The van der Waals surface area contributed by atoms with Gasteiger partial charge in [-0.2, -0.15) is 4.98 Å². The van der Waals surface area contributed by atoms with Crippen LogP contribution in [0.25, 0.3) is 0 Å². The number of amides is 1. The van der Waals surface area contributed by atoms with E-state index in [2.05, 4.69) is 10.1 Å². The van der Waals surface area contributed by atoms with Gasteiger partial charge < -0.3 is 24.0 Å². The van der Waals surface area contributed by atoms with E-state index in [1.54, 1.807) is 4.90 Å². The predicted octanol–water partition coefficient (Wildman–Crippen LogP) is 1.63. The Morgan fingerprint density at radius 3 is 3.08 bits per heavy atom. The van der Waals surface area contributed by atoms with E-state index in [-0.39, 0.29) is 25.3 Å². The molecule has 2 aliphatic rings. The maximum Gasteiger partial charge on any atom is 0.249 e. The number of rotatable bonds is 5. The average Bonchev–Trinajstić information content (AvgIpc) is 3.37. The number of aliphatic hydroxyl groups excluding tert-OH is 1. The van der Waals surface area contributed by atoms with Crippen molar-refractivity contribution in [3.05, 3.63) is 35.5 Å². The van der Waals surface area contributed by atoms with Crippen molar-refractivity contribution < 1.29 is 23.9 Å². The fraction of sp³-hybridized carbons (Fsp3) is 0.500. The van der Waals surface area contributed by atoms with Crippen LogP contribution >= 0.6 is 0 Å². The fourth-order valence-corrected chi connectivity index (χ4v) is 3.44. The third-order valence-corrected chi connectivity index (χ3v) is 4.77. The smallest absolute Gasteiger partial charge is 0.249 e. The quantitative estimate of drug-likeness (QED) is 0.866. The summed E-state index contributed by atoms with van der Waals surface area (Å²) in [6.07, 6.45) is 1.33. The van der Waals surface area contributed by atoms with Gasteiger partial charge in [0.1, 0.15) is 6.04 Å². The molecule has 0 saturated carbocycles. The Hall–Kier alpha value is -2.61. The summed E-state index contributed by atoms with van der Waals surface area (Å²) in [5.74, 6) is 2.36. The van der Waals surface area contributed by atoms with Crippen molar-refractivity contribution in [2.75, 3.05) is 13.3 Å². The molecule has 1 aromatic carbocycles. The van der Waals surface area contributed by atoms with E-state index in [1.807, 2.05) is 25.1 Å². The first-order valence-electron chi connectivity index (χ1n) is 8.83. The third kappa shape index (κ3) is 3.12. The first kappa shape index (κ1) is 16.8. The SMILES string of the molecule is CCc1noc([C@H]2C[C@H](O)CN2C(=O)CCc2cccc3c2OCO3)n1. The summed E-state index contributed by atoms with van der Waals surface area (Å²) in [4.78, 5) is 18.7. The Labute approximate surface area is 150 Å². The Morgan fingerprint density at radius 2 is 2.27 bits per heavy atom. The molecule has 26 heavy (non-hydrogen) atoms. The van der Waals surface area contributed by atoms with Crippen molar-refractivity contribution >= 4 is 5.91 Å². The number of carbonyl (C=O) groups excluding carboxylic acids is 1. The standard InChI is InChI=1S/C18H21N3O5/c1-2-15-19-18(26-20-15)13-8-12(22)9-21(13)16(23)7-6-11-4-3-5-14-17(11)25-10-24-14/h3-5,12-13,22H,2,6-10H2,1H3/t12-,13+/m0/s1. The lowest BCUT2D eigenvalue weighted by Crippen LogP contribution is -2.32. The van der Waals surface area contributed by atoms with Crippen LogP contribution in [0.2, 0.25) is 0 Å². The van der Waals surface area contributed by atoms with Gasteiger partial charge in [-0.25, -0.2) is 0 Å². The number of β-amino-alcohol motifs (C(OH)–C–C–N with tert-alkyl or cyclic N) is 1. The molecule has 0 radical (unpaired) electrons. The van der Waals surface area contributed by atoms with Crippen LogP contribution in [-0.4, -0.2) is 45.5 Å². The molecule has 3 heterocycles. The first-order valence-corrected chi connectivity index (χ1v) is 8.83. The largest absolute Gasteiger partial charge is 0.454 e. The van der Waals surface area contributed by atoms with Crippen molar-refractivity contribution in [2.45, 2.75) is 44.8 Å². The summed E-state index contributed by atoms with van der Waals surface area (Å²) in [6, 6.07) is 5.30. The van der Waals surface area contributed by atoms with Crippen molar-refractivity contribution in [1.82, 2.24) is 15.0 Å². The second-order valence-corrected chi connectivity index (χ2v) is 6.50. The molecule has 2 atom stereocenters. The number of ether oxygens (including phenoxy) is 2. The van der Waals surface area contributed by atoms with Crippen LogP contribution < -0.4 is 9.47 Å². The van der Waals surface area contributed by atoms with Crippen molar-refractivity contribution in [2.24, 2.45) is 0 Å². The van der Waals surface area contributed by atoms with Crippen LogP contribution in [0, 0.1) is 0 Å². The van der Waals surface area contributed by atoms with Crippen molar-refractivity contribution in [3.63, 3.8) is 0 Å². The molecule has 1 N–H and O–H groups in total. The monoisotopic (exact) mass is 359 g/mol. The zero-order valence-corrected chi connectivity index (χ0v) is 14.6. The van der Waals surface area contributed by atoms with Gasteiger partial charge in [-0.1, -0.05) is 24.2 Å². The van der Waals surface area contributed by atoms with Crippen LogP contribution in [0.15, 0.2) is 22.7 Å². The van der Waals surface area contributed by atoms with Gasteiger partial charge in [-0.15, -0.1) is 0 Å². The second-order valence-electron chi connectivity index (χ2n) is 6.50. The lowest BCUT2D eigenvalue weighted by molar-refractivity contribution is -0.132. The number of aromatic nitrogens is 2. The Morgan fingerprint density at radius 1 is 1.38 bits per heavy atom. The second kappa shape index (κ2) is 6.95. The number of aryl methyl sites for hydroxylation is 2. The number of carbonyl (C=O) groups is 1. The molecule has 1 aromatic heterocycles. The van der Waals surface area contributed by atoms with E-state index >= 15 is 0 Å². The maximum absolute atomic E-state index is 12.8. The minimum Gasteiger partial charge on any atom is -0.454 e. The van der Waals surface area contributed by atoms with Gasteiger partial charge in [0, 0.05) is 25.8 Å². The molecule has 0 aliphatic carbocycles. The molecule has 138 valence electrons. The molecule has 0 bridgehead atoms. The minimum atomic E-state index is -0.585. The van der Waals surface area contributed by atoms with Gasteiger partial charge in [0.15, 0.2) is 17.3 Å². The Bertz CT molecular complexity index is 806. The van der Waals surface area contributed by atoms with Gasteiger partial charge in [0.2, 0.25) is 18.6 Å². The molecule has 1 fully saturated rings. The van der Waals surface area contributed by atoms with Crippen molar-refractivity contribution in [1.29, 1.82) is 0 Å². The van der Waals surface area contributed by atoms with E-state index in [9.17, 15) is 9.90 Å². The van der Waals surface area contributed by atoms with Crippen LogP contribution in [0.4, 0.5) is 0 Å². The summed E-state index contributed by atoms with van der Waals surface area (Å²) >= 11 is 0. The number of nitrogens with zero attached hydrogens (tertiary/aromatic N) is 3. The number of hydrogen-bond acceptors (Lipinski definition) is 7. The molecule has 0 unspecified atom stereocenters. The lowest BCUT2D eigenvalue weighted by atomic mass is 10.1. The molecule has 1 amide bonds. The minimum absolute atomic E-state index is 0.0562. The molecule has 2 aromatic rings. The molecule has 2 aliphatic heterocycles. The number of hydrogen-bond donors (Lipinski definition) is 1. The Balaban J connectivity index is 1.45. The normalized spacial score (nSPS) is 21.4. The van der Waals surface area contributed by atoms with E-state index in [0.29, 0.717) is 48.9 Å². The molecule has 1 saturated heterocycles. The van der Waals surface area contributed by atoms with E-state index in [1.165, 1.54) is 0 Å². The predicted molar refractivity (Wildman–Crippen MR) is 89.6 cm³/mol. The van der Waals surface area contributed by atoms with Crippen LogP contribution in [0.1, 0.15) is 43.1 Å². The first-order chi connectivity index (χ1) is 12.7. The number of likely N-dealkylation sites (tertiary alicyclic amines) is 1. The average molecular weight is 359 g/mol. The summed E-state index contributed by atoms with van der Waals surface area (Å²) < 4.78 is 16.1. The van der Waals surface area contributed by atoms with Gasteiger partial charge in [-0.05, 0) is 18.1 Å². The topological polar surface area (TPSA) is 97.9 Å². The van der Waals surface area contributed by atoms with Crippen LogP contribution in [0.5, 0.6) is 11.5 Å². The van der Waals surface area contributed by atoms with Crippen LogP contribution in [-0.2, 0) is 17.6 Å². The third-order valence-electron chi connectivity index (χ3n) is 4.77. The number of para-hydroxylation sites is 1. The zero-order valence-electron chi connectivity index (χ0n) is 14.6. The van der Waals surface area contributed by atoms with Gasteiger partial charge in [0.05, 0.1) is 6.10 Å². The summed E-state index contributed by atoms with van der Waals surface area (Å²) in [7, 11) is 0. The molecule has 4 rings (SSSR count). The van der Waals surface area contributed by atoms with E-state index in [0.717, 1.165) is 5.56 Å². The van der Waals surface area contributed by atoms with Gasteiger partial charge >= 0.3 is 0 Å². The lowest BCUT2D eigenvalue weighted by Gasteiger charge is -2.21. The van der Waals surface area contributed by atoms with Crippen LogP contribution in [0.3, 0.4) is 0 Å². The highest BCUT2D eigenvalue weighted by Crippen LogP contribution is 2.36. The fourth-order valence-electron chi connectivity index (χ4n) is 3.44. The van der Waals surface area contributed by atoms with Gasteiger partial charge in [-0.3, -0.25) is 4.79 Å². The molecular weight excluding hydrogens is 338 g/mol. The summed E-state index contributed by atoms with van der Waals surface area (Å²) in [5.41, 5.74) is 0.940. The number of benzene rings is 1. The molecule has 0 spiro atoms. The highest BCUT2D eigenvalue weighted by molar-refractivity contribution is 5.77. The zero-order chi connectivity index (χ0) is 18.1. The van der Waals surface area contributed by atoms with E-state index in [4.69, 9.17) is 14.0 Å². The highest BCUT2D eigenvalue weighted by Gasteiger charge is 2.38. The summed E-state index contributed by atoms with van der Waals surface area (Å²) in [5, 5.41) is 13.9. The highest BCUT2D eigenvalue weighted by atomic mass is 16.7. The van der Waals surface area contributed by atoms with E-state index < -0.39 is 6.10 Å². The molecular formula is C18H21N3O5. The maximum atomic E-state index is 12.8. The molecule has 8 nitrogen and oxygen atoms in total.